The van der Waals surface area contributed by atoms with Gasteiger partial charge in [0.1, 0.15) is 5.82 Å². The normalized spacial score (nSPS) is 19.6. The molecule has 5 heteroatoms. The van der Waals surface area contributed by atoms with Crippen molar-refractivity contribution in [3.8, 4) is 0 Å². The van der Waals surface area contributed by atoms with Crippen LogP contribution in [-0.2, 0) is 0 Å². The van der Waals surface area contributed by atoms with Crippen LogP contribution in [-0.4, -0.2) is 21.8 Å². The number of aryl methyl sites for hydroxylation is 1. The number of nitrogens with one attached hydrogen (secondary N) is 1. The summed E-state index contributed by atoms with van der Waals surface area (Å²) in [4.78, 5) is 4.31. The standard InChI is InChI=1S/C11H18ClN3S/c1-9-14-10(16-15-9)13-8-11(7-12)5-3-2-4-6-11/h2-8H2,1H3,(H,13,14,15). The fourth-order valence-corrected chi connectivity index (χ4v) is 3.22. The van der Waals surface area contributed by atoms with Gasteiger partial charge in [-0.3, -0.25) is 0 Å². The van der Waals surface area contributed by atoms with Crippen LogP contribution in [0.25, 0.3) is 0 Å². The van der Waals surface area contributed by atoms with E-state index in [4.69, 9.17) is 11.6 Å². The number of aromatic nitrogens is 2. The molecule has 0 atom stereocenters. The molecule has 0 unspecified atom stereocenters. The third-order valence-electron chi connectivity index (χ3n) is 3.34. The Morgan fingerprint density at radius 2 is 2.12 bits per heavy atom. The molecule has 0 bridgehead atoms. The Bertz CT molecular complexity index is 334. The number of alkyl halides is 1. The van der Waals surface area contributed by atoms with Gasteiger partial charge in [0.15, 0.2) is 0 Å². The molecule has 1 aliphatic carbocycles. The first-order chi connectivity index (χ1) is 7.74. The Kier molecular flexibility index (Phi) is 4.03. The molecule has 1 heterocycles. The van der Waals surface area contributed by atoms with Crippen molar-refractivity contribution in [2.24, 2.45) is 5.41 Å². The van der Waals surface area contributed by atoms with Crippen molar-refractivity contribution >= 4 is 28.3 Å². The van der Waals surface area contributed by atoms with Crippen LogP contribution in [0, 0.1) is 12.3 Å². The zero-order valence-corrected chi connectivity index (χ0v) is 11.2. The Morgan fingerprint density at radius 1 is 1.38 bits per heavy atom. The molecular formula is C11H18ClN3S. The molecule has 1 saturated carbocycles. The van der Waals surface area contributed by atoms with Crippen LogP contribution in [0.2, 0.25) is 0 Å². The van der Waals surface area contributed by atoms with E-state index < -0.39 is 0 Å². The van der Waals surface area contributed by atoms with Gasteiger partial charge in [-0.15, -0.1) is 11.6 Å². The lowest BCUT2D eigenvalue weighted by atomic mass is 9.75. The van der Waals surface area contributed by atoms with Gasteiger partial charge < -0.3 is 5.32 Å². The Hall–Kier alpha value is -0.350. The fourth-order valence-electron chi connectivity index (χ4n) is 2.29. The summed E-state index contributed by atoms with van der Waals surface area (Å²) in [5.41, 5.74) is 0.277. The third-order valence-corrected chi connectivity index (χ3v) is 4.67. The van der Waals surface area contributed by atoms with E-state index in [0.717, 1.165) is 23.4 Å². The summed E-state index contributed by atoms with van der Waals surface area (Å²) in [5.74, 6) is 1.59. The van der Waals surface area contributed by atoms with Gasteiger partial charge in [-0.25, -0.2) is 4.98 Å². The van der Waals surface area contributed by atoms with E-state index in [0.29, 0.717) is 0 Å². The second kappa shape index (κ2) is 5.32. The van der Waals surface area contributed by atoms with Crippen LogP contribution in [0.4, 0.5) is 5.13 Å². The van der Waals surface area contributed by atoms with Crippen LogP contribution in [0.3, 0.4) is 0 Å². The monoisotopic (exact) mass is 259 g/mol. The first-order valence-corrected chi connectivity index (χ1v) is 7.15. The lowest BCUT2D eigenvalue weighted by molar-refractivity contribution is 0.238. The predicted octanol–water partition coefficient (Wildman–Crippen LogP) is 3.45. The minimum absolute atomic E-state index is 0.277. The summed E-state index contributed by atoms with van der Waals surface area (Å²) >= 11 is 7.57. The summed E-state index contributed by atoms with van der Waals surface area (Å²) in [6.45, 7) is 2.85. The van der Waals surface area contributed by atoms with E-state index in [-0.39, 0.29) is 5.41 Å². The molecule has 16 heavy (non-hydrogen) atoms. The summed E-state index contributed by atoms with van der Waals surface area (Å²) < 4.78 is 4.16. The number of nitrogens with zero attached hydrogens (tertiary/aromatic N) is 2. The minimum Gasteiger partial charge on any atom is -0.360 e. The summed E-state index contributed by atoms with van der Waals surface area (Å²) in [7, 11) is 0. The van der Waals surface area contributed by atoms with E-state index in [1.165, 1.54) is 43.6 Å². The van der Waals surface area contributed by atoms with Gasteiger partial charge in [0, 0.05) is 29.4 Å². The second-order valence-electron chi connectivity index (χ2n) is 4.69. The number of rotatable bonds is 4. The van der Waals surface area contributed by atoms with Gasteiger partial charge in [-0.1, -0.05) is 19.3 Å². The quantitative estimate of drug-likeness (QED) is 0.842. The Morgan fingerprint density at radius 3 is 2.69 bits per heavy atom. The fraction of sp³-hybridized carbons (Fsp3) is 0.818. The zero-order chi connectivity index (χ0) is 11.4. The van der Waals surface area contributed by atoms with Gasteiger partial charge in [0.25, 0.3) is 0 Å². The molecule has 2 rings (SSSR count). The number of anilines is 1. The molecule has 1 aromatic heterocycles. The molecule has 0 saturated heterocycles. The van der Waals surface area contributed by atoms with E-state index in [9.17, 15) is 0 Å². The highest BCUT2D eigenvalue weighted by Crippen LogP contribution is 2.37. The first kappa shape index (κ1) is 12.1. The SMILES string of the molecule is Cc1nsc(NCC2(CCl)CCCCC2)n1. The Balaban J connectivity index is 1.91. The van der Waals surface area contributed by atoms with E-state index >= 15 is 0 Å². The number of hydrogen-bond acceptors (Lipinski definition) is 4. The largest absolute Gasteiger partial charge is 0.360 e. The van der Waals surface area contributed by atoms with Crippen molar-refractivity contribution in [2.45, 2.75) is 39.0 Å². The molecule has 1 aliphatic rings. The highest BCUT2D eigenvalue weighted by atomic mass is 35.5. The van der Waals surface area contributed by atoms with E-state index in [2.05, 4.69) is 14.7 Å². The van der Waals surface area contributed by atoms with Crippen molar-refractivity contribution in [3.63, 3.8) is 0 Å². The average Bonchev–Trinajstić information content (AvgIpc) is 2.74. The summed E-state index contributed by atoms with van der Waals surface area (Å²) in [5, 5.41) is 4.31. The van der Waals surface area contributed by atoms with Crippen molar-refractivity contribution in [1.82, 2.24) is 9.36 Å². The summed E-state index contributed by atoms with van der Waals surface area (Å²) in [6.07, 6.45) is 6.45. The predicted molar refractivity (Wildman–Crippen MR) is 69.4 cm³/mol. The molecule has 0 aromatic carbocycles. The maximum Gasteiger partial charge on any atom is 0.202 e. The van der Waals surface area contributed by atoms with Crippen LogP contribution < -0.4 is 5.32 Å². The van der Waals surface area contributed by atoms with E-state index in [1.807, 2.05) is 6.92 Å². The third kappa shape index (κ3) is 2.86. The van der Waals surface area contributed by atoms with Crippen LogP contribution in [0.5, 0.6) is 0 Å². The second-order valence-corrected chi connectivity index (χ2v) is 5.71. The van der Waals surface area contributed by atoms with Crippen LogP contribution >= 0.6 is 23.1 Å². The molecule has 0 amide bonds. The molecule has 90 valence electrons. The average molecular weight is 260 g/mol. The van der Waals surface area contributed by atoms with Gasteiger partial charge in [-0.2, -0.15) is 4.37 Å². The molecule has 0 radical (unpaired) electrons. The van der Waals surface area contributed by atoms with Gasteiger partial charge in [0.05, 0.1) is 0 Å². The molecule has 1 aromatic rings. The van der Waals surface area contributed by atoms with Gasteiger partial charge in [0.2, 0.25) is 5.13 Å². The molecule has 1 N–H and O–H groups in total. The topological polar surface area (TPSA) is 37.8 Å². The van der Waals surface area contributed by atoms with E-state index in [1.54, 1.807) is 0 Å². The van der Waals surface area contributed by atoms with Gasteiger partial charge in [-0.05, 0) is 19.8 Å². The molecule has 0 spiro atoms. The van der Waals surface area contributed by atoms with Crippen LogP contribution in [0.1, 0.15) is 37.9 Å². The molecule has 1 fully saturated rings. The maximum absolute atomic E-state index is 6.14. The van der Waals surface area contributed by atoms with Crippen LogP contribution in [0.15, 0.2) is 0 Å². The molecule has 3 nitrogen and oxygen atoms in total. The minimum atomic E-state index is 0.277. The first-order valence-electron chi connectivity index (χ1n) is 5.84. The molecule has 0 aliphatic heterocycles. The van der Waals surface area contributed by atoms with Gasteiger partial charge >= 0.3 is 0 Å². The highest BCUT2D eigenvalue weighted by Gasteiger charge is 2.31. The number of hydrogen-bond donors (Lipinski definition) is 1. The number of halogens is 1. The zero-order valence-electron chi connectivity index (χ0n) is 9.63. The van der Waals surface area contributed by atoms with Crippen molar-refractivity contribution in [2.75, 3.05) is 17.7 Å². The smallest absolute Gasteiger partial charge is 0.202 e. The molecular weight excluding hydrogens is 242 g/mol. The summed E-state index contributed by atoms with van der Waals surface area (Å²) in [6, 6.07) is 0. The lowest BCUT2D eigenvalue weighted by Gasteiger charge is -2.35. The Labute approximate surface area is 106 Å². The highest BCUT2D eigenvalue weighted by molar-refractivity contribution is 7.09. The lowest BCUT2D eigenvalue weighted by Crippen LogP contribution is -2.33. The van der Waals surface area contributed by atoms with Crippen molar-refractivity contribution < 1.29 is 0 Å². The van der Waals surface area contributed by atoms with Crippen molar-refractivity contribution in [3.05, 3.63) is 5.82 Å². The van der Waals surface area contributed by atoms with Crippen molar-refractivity contribution in [1.29, 1.82) is 0 Å². The maximum atomic E-state index is 6.14.